The van der Waals surface area contributed by atoms with Crippen LogP contribution in [0.15, 0.2) is 17.0 Å². The average Bonchev–Trinajstić information content (AvgIpc) is 2.25. The number of sulfone groups is 1. The molecule has 0 aliphatic carbocycles. The zero-order valence-corrected chi connectivity index (χ0v) is 11.5. The van der Waals surface area contributed by atoms with Gasteiger partial charge in [0.2, 0.25) is 0 Å². The Labute approximate surface area is 106 Å². The van der Waals surface area contributed by atoms with Gasteiger partial charge in [0.15, 0.2) is 15.6 Å². The van der Waals surface area contributed by atoms with Crippen molar-refractivity contribution in [2.24, 2.45) is 0 Å². The van der Waals surface area contributed by atoms with Crippen LogP contribution in [0, 0.1) is 0 Å². The summed E-state index contributed by atoms with van der Waals surface area (Å²) in [6.45, 7) is 3.67. The Morgan fingerprint density at radius 3 is 2.22 bits per heavy atom. The number of hydrogen-bond acceptors (Lipinski definition) is 4. The third-order valence-corrected chi connectivity index (χ3v) is 3.73. The van der Waals surface area contributed by atoms with Crippen molar-refractivity contribution in [3.05, 3.63) is 23.3 Å². The number of benzene rings is 1. The molecule has 0 fully saturated rings. The second-order valence-corrected chi connectivity index (χ2v) is 6.25. The van der Waals surface area contributed by atoms with Crippen LogP contribution in [0.4, 0.5) is 0 Å². The molecule has 0 radical (unpaired) electrons. The van der Waals surface area contributed by atoms with Crippen molar-refractivity contribution in [3.63, 3.8) is 0 Å². The standard InChI is InChI=1S/C12H16O5S/c1-7(2)8-5-6-9(12(13)14)10(17-3)11(8)18(4,15)16/h5-7H,1-4H3,(H,13,14). The van der Waals surface area contributed by atoms with Crippen LogP contribution in [0.25, 0.3) is 0 Å². The maximum Gasteiger partial charge on any atom is 0.339 e. The lowest BCUT2D eigenvalue weighted by atomic mass is 10.0. The lowest BCUT2D eigenvalue weighted by molar-refractivity contribution is 0.0692. The highest BCUT2D eigenvalue weighted by Crippen LogP contribution is 2.35. The summed E-state index contributed by atoms with van der Waals surface area (Å²) < 4.78 is 28.7. The molecule has 0 spiro atoms. The van der Waals surface area contributed by atoms with E-state index >= 15 is 0 Å². The molecule has 0 heterocycles. The Morgan fingerprint density at radius 1 is 1.33 bits per heavy atom. The van der Waals surface area contributed by atoms with Crippen LogP contribution in [0.1, 0.15) is 35.7 Å². The van der Waals surface area contributed by atoms with Gasteiger partial charge in [-0.25, -0.2) is 13.2 Å². The molecule has 0 aliphatic heterocycles. The lowest BCUT2D eigenvalue weighted by Crippen LogP contribution is -2.11. The number of hydrogen-bond donors (Lipinski definition) is 1. The first kappa shape index (κ1) is 14.5. The molecule has 1 aromatic carbocycles. The van der Waals surface area contributed by atoms with Crippen LogP contribution in [-0.4, -0.2) is 32.9 Å². The summed E-state index contributed by atoms with van der Waals surface area (Å²) in [5, 5.41) is 9.04. The van der Waals surface area contributed by atoms with E-state index in [9.17, 15) is 13.2 Å². The molecule has 0 saturated heterocycles. The summed E-state index contributed by atoms with van der Waals surface area (Å²) >= 11 is 0. The van der Waals surface area contributed by atoms with Crippen molar-refractivity contribution < 1.29 is 23.1 Å². The van der Waals surface area contributed by atoms with E-state index in [0.29, 0.717) is 5.56 Å². The monoisotopic (exact) mass is 272 g/mol. The Balaban J connectivity index is 3.79. The third kappa shape index (κ3) is 2.64. The van der Waals surface area contributed by atoms with Crippen LogP contribution < -0.4 is 4.74 Å². The molecule has 0 atom stereocenters. The van der Waals surface area contributed by atoms with E-state index in [2.05, 4.69) is 0 Å². The Kier molecular flexibility index (Phi) is 4.01. The fourth-order valence-electron chi connectivity index (χ4n) is 1.79. The van der Waals surface area contributed by atoms with Gasteiger partial charge in [0.25, 0.3) is 0 Å². The van der Waals surface area contributed by atoms with Gasteiger partial charge in [-0.15, -0.1) is 0 Å². The lowest BCUT2D eigenvalue weighted by Gasteiger charge is -2.16. The van der Waals surface area contributed by atoms with E-state index in [1.165, 1.54) is 19.2 Å². The highest BCUT2D eigenvalue weighted by molar-refractivity contribution is 7.90. The van der Waals surface area contributed by atoms with Crippen molar-refractivity contribution in [2.75, 3.05) is 13.4 Å². The quantitative estimate of drug-likeness (QED) is 0.905. The second-order valence-electron chi connectivity index (χ2n) is 4.30. The number of ether oxygens (including phenoxy) is 1. The maximum absolute atomic E-state index is 11.8. The highest BCUT2D eigenvalue weighted by Gasteiger charge is 2.26. The first-order chi connectivity index (χ1) is 8.20. The van der Waals surface area contributed by atoms with Crippen LogP contribution in [0.3, 0.4) is 0 Å². The SMILES string of the molecule is COc1c(C(=O)O)ccc(C(C)C)c1S(C)(=O)=O. The second kappa shape index (κ2) is 4.97. The fraction of sp³-hybridized carbons (Fsp3) is 0.417. The summed E-state index contributed by atoms with van der Waals surface area (Å²) in [5.41, 5.74) is 0.404. The number of methoxy groups -OCH3 is 1. The largest absolute Gasteiger partial charge is 0.494 e. The summed E-state index contributed by atoms with van der Waals surface area (Å²) in [7, 11) is -2.30. The fourth-order valence-corrected chi connectivity index (χ4v) is 3.05. The van der Waals surface area contributed by atoms with Crippen molar-refractivity contribution in [1.82, 2.24) is 0 Å². The number of carboxylic acids is 1. The van der Waals surface area contributed by atoms with Crippen LogP contribution in [-0.2, 0) is 9.84 Å². The molecule has 18 heavy (non-hydrogen) atoms. The van der Waals surface area contributed by atoms with Gasteiger partial charge in [0, 0.05) is 6.26 Å². The maximum atomic E-state index is 11.8. The smallest absolute Gasteiger partial charge is 0.339 e. The molecule has 100 valence electrons. The Bertz CT molecular complexity index is 572. The molecule has 1 rings (SSSR count). The molecule has 6 heteroatoms. The number of aromatic carboxylic acids is 1. The van der Waals surface area contributed by atoms with E-state index < -0.39 is 15.8 Å². The topological polar surface area (TPSA) is 80.7 Å². The minimum absolute atomic E-state index is 0.0418. The van der Waals surface area contributed by atoms with Gasteiger partial charge in [-0.3, -0.25) is 0 Å². The van der Waals surface area contributed by atoms with Gasteiger partial charge < -0.3 is 9.84 Å². The third-order valence-electron chi connectivity index (χ3n) is 2.57. The molecule has 0 saturated carbocycles. The van der Waals surface area contributed by atoms with Crippen molar-refractivity contribution >= 4 is 15.8 Å². The molecule has 0 aromatic heterocycles. The van der Waals surface area contributed by atoms with Gasteiger partial charge in [-0.05, 0) is 17.5 Å². The molecular formula is C12H16O5S. The Morgan fingerprint density at radius 2 is 1.89 bits per heavy atom. The molecule has 0 aliphatic rings. The normalized spacial score (nSPS) is 11.6. The molecule has 0 amide bonds. The average molecular weight is 272 g/mol. The van der Waals surface area contributed by atoms with E-state index in [1.54, 1.807) is 0 Å². The molecule has 1 N–H and O–H groups in total. The predicted molar refractivity (Wildman–Crippen MR) is 67.2 cm³/mol. The number of carbonyl (C=O) groups is 1. The number of rotatable bonds is 4. The molecule has 1 aromatic rings. The summed E-state index contributed by atoms with van der Waals surface area (Å²) in [5.74, 6) is -1.37. The van der Waals surface area contributed by atoms with Gasteiger partial charge in [-0.2, -0.15) is 0 Å². The minimum atomic E-state index is -3.57. The van der Waals surface area contributed by atoms with Crippen LogP contribution in [0.5, 0.6) is 5.75 Å². The van der Waals surface area contributed by atoms with Gasteiger partial charge in [0.1, 0.15) is 10.5 Å². The zero-order chi connectivity index (χ0) is 14.1. The highest BCUT2D eigenvalue weighted by atomic mass is 32.2. The minimum Gasteiger partial charge on any atom is -0.494 e. The van der Waals surface area contributed by atoms with E-state index in [1.807, 2.05) is 13.8 Å². The first-order valence-electron chi connectivity index (χ1n) is 5.34. The summed E-state index contributed by atoms with van der Waals surface area (Å²) in [6, 6.07) is 2.89. The first-order valence-corrected chi connectivity index (χ1v) is 7.23. The van der Waals surface area contributed by atoms with Gasteiger partial charge in [-0.1, -0.05) is 19.9 Å². The summed E-state index contributed by atoms with van der Waals surface area (Å²) in [4.78, 5) is 11.0. The zero-order valence-electron chi connectivity index (χ0n) is 10.7. The van der Waals surface area contributed by atoms with Crippen molar-refractivity contribution in [3.8, 4) is 5.75 Å². The van der Waals surface area contributed by atoms with Crippen LogP contribution >= 0.6 is 0 Å². The molecule has 0 unspecified atom stereocenters. The van der Waals surface area contributed by atoms with Crippen molar-refractivity contribution in [1.29, 1.82) is 0 Å². The van der Waals surface area contributed by atoms with E-state index in [4.69, 9.17) is 9.84 Å². The predicted octanol–water partition coefficient (Wildman–Crippen LogP) is 1.92. The number of carboxylic acid groups (broad SMARTS) is 1. The Hall–Kier alpha value is -1.56. The van der Waals surface area contributed by atoms with Gasteiger partial charge in [0.05, 0.1) is 7.11 Å². The van der Waals surface area contributed by atoms with Crippen molar-refractivity contribution in [2.45, 2.75) is 24.7 Å². The van der Waals surface area contributed by atoms with E-state index in [-0.39, 0.29) is 22.1 Å². The molecule has 0 bridgehead atoms. The van der Waals surface area contributed by atoms with Gasteiger partial charge >= 0.3 is 5.97 Å². The van der Waals surface area contributed by atoms with Crippen LogP contribution in [0.2, 0.25) is 0 Å². The van der Waals surface area contributed by atoms with E-state index in [0.717, 1.165) is 6.26 Å². The molecular weight excluding hydrogens is 256 g/mol. The molecule has 5 nitrogen and oxygen atoms in total. The summed E-state index contributed by atoms with van der Waals surface area (Å²) in [6.07, 6.45) is 1.04.